The zero-order chi connectivity index (χ0) is 17.9. The second-order valence-corrected chi connectivity index (χ2v) is 5.27. The van der Waals surface area contributed by atoms with Gasteiger partial charge in [-0.2, -0.15) is 0 Å². The van der Waals surface area contributed by atoms with Crippen molar-refractivity contribution in [3.63, 3.8) is 0 Å². The molecule has 0 bridgehead atoms. The van der Waals surface area contributed by atoms with Gasteiger partial charge in [-0.1, -0.05) is 0 Å². The predicted molar refractivity (Wildman–Crippen MR) is 83.1 cm³/mol. The van der Waals surface area contributed by atoms with Crippen LogP contribution in [0.4, 0.5) is 0 Å². The molecule has 0 radical (unpaired) electrons. The molecule has 1 aromatic rings. The van der Waals surface area contributed by atoms with Crippen LogP contribution in [0.25, 0.3) is 0 Å². The number of unbranched alkanes of at least 4 members (excludes halogenated alkanes) is 1. The molecule has 2 unspecified atom stereocenters. The normalized spacial score (nSPS) is 12.6. The van der Waals surface area contributed by atoms with E-state index in [-0.39, 0.29) is 36.5 Å². The van der Waals surface area contributed by atoms with Gasteiger partial charge in [-0.05, 0) is 25.8 Å². The standard InChI is InChI=1S/C14H24N6O4.Cu/c15-4-2-1-3-10(14(23)24)20-13(22)11(19-12(21)6-16)5-9-7-17-8-18-9;/h7-8,10-11H,1-6,15-16H2,(H,17,18)(H,19,21)(H,20,22)(H,23,24);/q;+1/p-1. The minimum absolute atomic E-state index is 0. The van der Waals surface area contributed by atoms with Gasteiger partial charge in [0, 0.05) is 18.3 Å². The van der Waals surface area contributed by atoms with E-state index in [1.807, 2.05) is 0 Å². The van der Waals surface area contributed by atoms with Crippen molar-refractivity contribution in [2.24, 2.45) is 11.5 Å². The fraction of sp³-hybridized carbons (Fsp3) is 0.571. The van der Waals surface area contributed by atoms with Crippen molar-refractivity contribution in [2.45, 2.75) is 37.8 Å². The van der Waals surface area contributed by atoms with Gasteiger partial charge in [0.05, 0.1) is 24.9 Å². The number of carbonyl (C=O) groups is 3. The minimum atomic E-state index is -1.38. The molecule has 0 aliphatic rings. The summed E-state index contributed by atoms with van der Waals surface area (Å²) in [5.41, 5.74) is 11.2. The van der Waals surface area contributed by atoms with Crippen molar-refractivity contribution >= 4 is 17.8 Å². The smallest absolute Gasteiger partial charge is 0.548 e. The Morgan fingerprint density at radius 3 is 2.44 bits per heavy atom. The summed E-state index contributed by atoms with van der Waals surface area (Å²) in [5.74, 6) is -2.54. The molecule has 0 aromatic carbocycles. The number of H-pyrrole nitrogens is 1. The Hall–Kier alpha value is -1.94. The number of rotatable bonds is 11. The van der Waals surface area contributed by atoms with Gasteiger partial charge in [-0.3, -0.25) is 9.59 Å². The van der Waals surface area contributed by atoms with Gasteiger partial charge in [-0.25, -0.2) is 4.98 Å². The first kappa shape index (κ1) is 23.1. The molecule has 1 heterocycles. The maximum absolute atomic E-state index is 12.4. The summed E-state index contributed by atoms with van der Waals surface area (Å²) in [6, 6.07) is -2.12. The molecular weight excluding hydrogens is 380 g/mol. The van der Waals surface area contributed by atoms with Crippen LogP contribution in [0.1, 0.15) is 25.0 Å². The van der Waals surface area contributed by atoms with Crippen molar-refractivity contribution in [3.8, 4) is 0 Å². The Bertz CT molecular complexity index is 539. The van der Waals surface area contributed by atoms with Crippen LogP contribution in [0.15, 0.2) is 12.5 Å². The summed E-state index contributed by atoms with van der Waals surface area (Å²) in [7, 11) is 0. The van der Waals surface area contributed by atoms with Crippen LogP contribution >= 0.6 is 0 Å². The Morgan fingerprint density at radius 2 is 1.92 bits per heavy atom. The molecule has 7 N–H and O–H groups in total. The van der Waals surface area contributed by atoms with Crippen LogP contribution < -0.4 is 27.2 Å². The summed E-state index contributed by atoms with van der Waals surface area (Å²) < 4.78 is 0. The van der Waals surface area contributed by atoms with Crippen LogP contribution in [0.2, 0.25) is 0 Å². The van der Waals surface area contributed by atoms with Crippen LogP contribution in [0, 0.1) is 0 Å². The van der Waals surface area contributed by atoms with Gasteiger partial charge in [0.15, 0.2) is 0 Å². The van der Waals surface area contributed by atoms with Crippen molar-refractivity contribution in [1.29, 1.82) is 0 Å². The van der Waals surface area contributed by atoms with Gasteiger partial charge >= 0.3 is 17.1 Å². The molecule has 0 spiro atoms. The van der Waals surface area contributed by atoms with E-state index in [0.717, 1.165) is 0 Å². The number of hydrogen-bond acceptors (Lipinski definition) is 7. The van der Waals surface area contributed by atoms with Gasteiger partial charge in [-0.15, -0.1) is 0 Å². The van der Waals surface area contributed by atoms with Crippen LogP contribution in [0.5, 0.6) is 0 Å². The largest absolute Gasteiger partial charge is 1.00 e. The maximum Gasteiger partial charge on any atom is 1.00 e. The maximum atomic E-state index is 12.4. The number of nitrogens with one attached hydrogen (secondary N) is 3. The van der Waals surface area contributed by atoms with E-state index in [9.17, 15) is 19.5 Å². The van der Waals surface area contributed by atoms with Crippen molar-refractivity contribution in [3.05, 3.63) is 18.2 Å². The number of carboxylic acids is 1. The van der Waals surface area contributed by atoms with Crippen LogP contribution in [-0.4, -0.2) is 52.9 Å². The van der Waals surface area contributed by atoms with E-state index in [4.69, 9.17) is 11.5 Å². The third kappa shape index (κ3) is 8.64. The number of hydrogen-bond donors (Lipinski definition) is 5. The second-order valence-electron chi connectivity index (χ2n) is 5.27. The molecule has 1 rings (SSSR count). The van der Waals surface area contributed by atoms with Crippen molar-refractivity contribution in [2.75, 3.05) is 13.1 Å². The molecule has 25 heavy (non-hydrogen) atoms. The first-order chi connectivity index (χ1) is 11.5. The number of nitrogens with zero attached hydrogens (tertiary/aromatic N) is 1. The third-order valence-electron chi connectivity index (χ3n) is 3.36. The van der Waals surface area contributed by atoms with E-state index >= 15 is 0 Å². The Labute approximate surface area is 156 Å². The summed E-state index contributed by atoms with van der Waals surface area (Å²) >= 11 is 0. The molecule has 0 fully saturated rings. The fourth-order valence-electron chi connectivity index (χ4n) is 2.09. The van der Waals surface area contributed by atoms with E-state index in [1.165, 1.54) is 12.5 Å². The number of amides is 2. The van der Waals surface area contributed by atoms with E-state index in [0.29, 0.717) is 25.1 Å². The molecule has 0 aliphatic carbocycles. The Kier molecular flexibility index (Phi) is 11.5. The first-order valence-electron chi connectivity index (χ1n) is 7.66. The number of imidazole rings is 1. The molecule has 11 heteroatoms. The number of carboxylic acid groups (broad SMARTS) is 1. The predicted octanol–water partition coefficient (Wildman–Crippen LogP) is -3.24. The molecule has 10 nitrogen and oxygen atoms in total. The van der Waals surface area contributed by atoms with Gasteiger partial charge in [0.1, 0.15) is 6.04 Å². The quantitative estimate of drug-likeness (QED) is 0.190. The molecule has 1 aromatic heterocycles. The zero-order valence-corrected chi connectivity index (χ0v) is 14.5. The third-order valence-corrected chi connectivity index (χ3v) is 3.36. The average Bonchev–Trinajstić information content (AvgIpc) is 3.06. The summed E-state index contributed by atoms with van der Waals surface area (Å²) in [6.45, 7) is 0.149. The summed E-state index contributed by atoms with van der Waals surface area (Å²) in [5, 5.41) is 16.0. The Morgan fingerprint density at radius 1 is 1.20 bits per heavy atom. The summed E-state index contributed by atoms with van der Waals surface area (Å²) in [4.78, 5) is 41.7. The van der Waals surface area contributed by atoms with E-state index in [2.05, 4.69) is 20.6 Å². The van der Waals surface area contributed by atoms with Crippen LogP contribution in [0.3, 0.4) is 0 Å². The number of aromatic nitrogens is 2. The minimum Gasteiger partial charge on any atom is -0.548 e. The number of aromatic amines is 1. The molecule has 0 saturated carbocycles. The first-order valence-corrected chi connectivity index (χ1v) is 7.66. The summed E-state index contributed by atoms with van der Waals surface area (Å²) in [6.07, 6.45) is 4.45. The molecule has 2 amide bonds. The monoisotopic (exact) mass is 402 g/mol. The van der Waals surface area contributed by atoms with Gasteiger partial charge in [0.2, 0.25) is 11.8 Å². The molecular formula is C14H23CuN6O4. The van der Waals surface area contributed by atoms with Gasteiger partial charge < -0.3 is 37.0 Å². The average molecular weight is 403 g/mol. The molecule has 2 atom stereocenters. The van der Waals surface area contributed by atoms with Crippen molar-refractivity contribution in [1.82, 2.24) is 20.6 Å². The zero-order valence-electron chi connectivity index (χ0n) is 13.6. The molecule has 144 valence electrons. The van der Waals surface area contributed by atoms with E-state index < -0.39 is 29.9 Å². The van der Waals surface area contributed by atoms with Crippen molar-refractivity contribution < 1.29 is 36.6 Å². The van der Waals surface area contributed by atoms with Gasteiger partial charge in [0.25, 0.3) is 0 Å². The topological polar surface area (TPSA) is 179 Å². The number of aliphatic carboxylic acids is 1. The SMILES string of the molecule is NCCCCC(NC(=O)C(Cc1cnc[nH]1)NC(=O)CN)C(=O)[O-].[Cu+]. The second kappa shape index (κ2) is 12.4. The number of carbonyl (C=O) groups excluding carboxylic acids is 3. The Balaban J connectivity index is 0.00000576. The molecule has 0 aliphatic heterocycles. The molecule has 0 saturated heterocycles. The number of nitrogens with two attached hydrogens (primary N) is 2. The van der Waals surface area contributed by atoms with Crippen LogP contribution in [-0.2, 0) is 37.9 Å². The fourth-order valence-corrected chi connectivity index (χ4v) is 2.09. The van der Waals surface area contributed by atoms with E-state index in [1.54, 1.807) is 0 Å².